The zero-order valence-corrected chi connectivity index (χ0v) is 10.6. The number of rotatable bonds is 5. The Hall–Kier alpha value is -0.950. The van der Waals surface area contributed by atoms with Crippen molar-refractivity contribution in [2.45, 2.75) is 23.2 Å². The predicted molar refractivity (Wildman–Crippen MR) is 64.0 cm³/mol. The first-order valence-electron chi connectivity index (χ1n) is 4.92. The van der Waals surface area contributed by atoms with Crippen molar-refractivity contribution in [3.8, 4) is 0 Å². The number of benzene rings is 1. The first kappa shape index (κ1) is 15.1. The van der Waals surface area contributed by atoms with Gasteiger partial charge in [-0.15, -0.1) is 11.6 Å². The number of halogens is 4. The Kier molecular flexibility index (Phi) is 5.28. The Bertz CT molecular complexity index is 440. The van der Waals surface area contributed by atoms with E-state index in [1.807, 2.05) is 0 Å². The Morgan fingerprint density at radius 3 is 2.56 bits per heavy atom. The molecule has 0 saturated heterocycles. The van der Waals surface area contributed by atoms with Crippen LogP contribution in [0.2, 0.25) is 0 Å². The lowest BCUT2D eigenvalue weighted by molar-refractivity contribution is -0.387. The molecule has 100 valence electrons. The molecule has 1 rings (SSSR count). The Morgan fingerprint density at radius 1 is 1.39 bits per heavy atom. The van der Waals surface area contributed by atoms with Crippen LogP contribution in [0.25, 0.3) is 0 Å². The minimum Gasteiger partial charge on any atom is -0.258 e. The number of nitro benzene ring substituents is 1. The van der Waals surface area contributed by atoms with Crippen LogP contribution in [0.3, 0.4) is 0 Å². The SMILES string of the molecule is O=[N+]([O-])c1ccc(CCCCl)cc1SC(F)(F)F. The van der Waals surface area contributed by atoms with Crippen LogP contribution in [0.4, 0.5) is 18.9 Å². The van der Waals surface area contributed by atoms with Gasteiger partial charge < -0.3 is 0 Å². The normalized spacial score (nSPS) is 11.6. The van der Waals surface area contributed by atoms with Crippen molar-refractivity contribution in [3.05, 3.63) is 33.9 Å². The highest BCUT2D eigenvalue weighted by Crippen LogP contribution is 2.41. The second kappa shape index (κ2) is 6.29. The van der Waals surface area contributed by atoms with E-state index >= 15 is 0 Å². The largest absolute Gasteiger partial charge is 0.446 e. The first-order valence-corrected chi connectivity index (χ1v) is 6.27. The molecule has 8 heteroatoms. The van der Waals surface area contributed by atoms with Crippen LogP contribution in [0.15, 0.2) is 23.1 Å². The third-order valence-corrected chi connectivity index (χ3v) is 3.09. The van der Waals surface area contributed by atoms with Crippen molar-refractivity contribution >= 4 is 29.1 Å². The van der Waals surface area contributed by atoms with E-state index in [0.717, 1.165) is 6.07 Å². The molecule has 0 fully saturated rings. The van der Waals surface area contributed by atoms with E-state index in [2.05, 4.69) is 0 Å². The Labute approximate surface area is 110 Å². The summed E-state index contributed by atoms with van der Waals surface area (Å²) >= 11 is 5.01. The Balaban J connectivity index is 3.03. The van der Waals surface area contributed by atoms with E-state index in [-0.39, 0.29) is 4.90 Å². The summed E-state index contributed by atoms with van der Waals surface area (Å²) < 4.78 is 36.9. The lowest BCUT2D eigenvalue weighted by atomic mass is 10.1. The molecule has 3 nitrogen and oxygen atoms in total. The van der Waals surface area contributed by atoms with Crippen LogP contribution < -0.4 is 0 Å². The summed E-state index contributed by atoms with van der Waals surface area (Å²) in [4.78, 5) is 9.43. The second-order valence-corrected chi connectivity index (χ2v) is 4.88. The molecule has 0 bridgehead atoms. The summed E-state index contributed by atoms with van der Waals surface area (Å²) in [6.07, 6.45) is 1.10. The van der Waals surface area contributed by atoms with Gasteiger partial charge in [0.1, 0.15) is 0 Å². The quantitative estimate of drug-likeness (QED) is 0.351. The molecule has 1 aromatic carbocycles. The van der Waals surface area contributed by atoms with E-state index in [9.17, 15) is 23.3 Å². The summed E-state index contributed by atoms with van der Waals surface area (Å²) in [5, 5.41) is 10.6. The van der Waals surface area contributed by atoms with Gasteiger partial charge >= 0.3 is 5.51 Å². The van der Waals surface area contributed by atoms with Crippen molar-refractivity contribution in [1.29, 1.82) is 0 Å². The van der Waals surface area contributed by atoms with Crippen molar-refractivity contribution in [3.63, 3.8) is 0 Å². The topological polar surface area (TPSA) is 43.1 Å². The molecular formula is C10H9ClF3NO2S. The molecule has 0 spiro atoms. The third-order valence-electron chi connectivity index (χ3n) is 2.05. The smallest absolute Gasteiger partial charge is 0.258 e. The maximum atomic E-state index is 12.3. The van der Waals surface area contributed by atoms with Gasteiger partial charge in [0.25, 0.3) is 5.69 Å². The number of alkyl halides is 4. The molecular weight excluding hydrogens is 291 g/mol. The van der Waals surface area contributed by atoms with Crippen molar-refractivity contribution in [2.24, 2.45) is 0 Å². The lowest BCUT2D eigenvalue weighted by Crippen LogP contribution is -2.02. The number of nitro groups is 1. The van der Waals surface area contributed by atoms with Crippen LogP contribution in [0, 0.1) is 10.1 Å². The van der Waals surface area contributed by atoms with Gasteiger partial charge in [-0.1, -0.05) is 6.07 Å². The minimum absolute atomic E-state index is 0.388. The average Bonchev–Trinajstić information content (AvgIpc) is 2.23. The zero-order valence-electron chi connectivity index (χ0n) is 9.04. The summed E-state index contributed by atoms with van der Waals surface area (Å²) in [6.45, 7) is 0. The van der Waals surface area contributed by atoms with E-state index in [1.54, 1.807) is 0 Å². The number of aryl methyl sites for hydroxylation is 1. The fourth-order valence-electron chi connectivity index (χ4n) is 1.34. The maximum Gasteiger partial charge on any atom is 0.446 e. The highest BCUT2D eigenvalue weighted by molar-refractivity contribution is 8.00. The van der Waals surface area contributed by atoms with E-state index in [4.69, 9.17) is 11.6 Å². The standard InChI is InChI=1S/C10H9ClF3NO2S/c11-5-1-2-7-3-4-8(15(16)17)9(6-7)18-10(12,13)14/h3-4,6H,1-2,5H2. The van der Waals surface area contributed by atoms with Crippen LogP contribution in [-0.2, 0) is 6.42 Å². The monoisotopic (exact) mass is 299 g/mol. The fourth-order valence-corrected chi connectivity index (χ4v) is 2.18. The van der Waals surface area contributed by atoms with E-state index in [1.165, 1.54) is 12.1 Å². The van der Waals surface area contributed by atoms with Gasteiger partial charge in [-0.3, -0.25) is 10.1 Å². The molecule has 0 radical (unpaired) electrons. The van der Waals surface area contributed by atoms with Crippen LogP contribution in [0.5, 0.6) is 0 Å². The molecule has 0 atom stereocenters. The summed E-state index contributed by atoms with van der Waals surface area (Å²) in [7, 11) is 0. The first-order chi connectivity index (χ1) is 8.33. The van der Waals surface area contributed by atoms with Gasteiger partial charge in [-0.05, 0) is 36.2 Å². The van der Waals surface area contributed by atoms with Crippen molar-refractivity contribution < 1.29 is 18.1 Å². The van der Waals surface area contributed by atoms with Crippen molar-refractivity contribution in [2.75, 3.05) is 5.88 Å². The van der Waals surface area contributed by atoms with Crippen LogP contribution in [0.1, 0.15) is 12.0 Å². The fraction of sp³-hybridized carbons (Fsp3) is 0.400. The number of nitrogens with zero attached hydrogens (tertiary/aromatic N) is 1. The molecule has 1 aromatic rings. The van der Waals surface area contributed by atoms with Crippen molar-refractivity contribution in [1.82, 2.24) is 0 Å². The number of hydrogen-bond acceptors (Lipinski definition) is 3. The summed E-state index contributed by atoms with van der Waals surface area (Å²) in [5.41, 5.74) is -4.48. The third kappa shape index (κ3) is 4.73. The highest BCUT2D eigenvalue weighted by atomic mass is 35.5. The molecule has 0 N–H and O–H groups in total. The van der Waals surface area contributed by atoms with Gasteiger partial charge in [0, 0.05) is 11.9 Å². The second-order valence-electron chi connectivity index (χ2n) is 3.40. The minimum atomic E-state index is -4.55. The molecule has 0 aliphatic rings. The summed E-state index contributed by atoms with van der Waals surface area (Å²) in [6, 6.07) is 3.74. The molecule has 18 heavy (non-hydrogen) atoms. The van der Waals surface area contributed by atoms with Crippen LogP contribution >= 0.6 is 23.4 Å². The van der Waals surface area contributed by atoms with Crippen LogP contribution in [-0.4, -0.2) is 16.3 Å². The molecule has 0 aliphatic heterocycles. The Morgan fingerprint density at radius 2 is 2.06 bits per heavy atom. The summed E-state index contributed by atoms with van der Waals surface area (Å²) in [5.74, 6) is 0.388. The number of hydrogen-bond donors (Lipinski definition) is 0. The molecule has 0 aliphatic carbocycles. The van der Waals surface area contributed by atoms with Gasteiger partial charge in [0.05, 0.1) is 9.82 Å². The molecule has 0 unspecified atom stereocenters. The van der Waals surface area contributed by atoms with Gasteiger partial charge in [0.15, 0.2) is 0 Å². The zero-order chi connectivity index (χ0) is 13.8. The highest BCUT2D eigenvalue weighted by Gasteiger charge is 2.33. The molecule has 0 heterocycles. The van der Waals surface area contributed by atoms with E-state index in [0.29, 0.717) is 24.3 Å². The van der Waals surface area contributed by atoms with Gasteiger partial charge in [-0.25, -0.2) is 0 Å². The molecule has 0 amide bonds. The average molecular weight is 300 g/mol. The molecule has 0 aromatic heterocycles. The van der Waals surface area contributed by atoms with Gasteiger partial charge in [-0.2, -0.15) is 13.2 Å². The van der Waals surface area contributed by atoms with Gasteiger partial charge in [0.2, 0.25) is 0 Å². The number of thioether (sulfide) groups is 1. The maximum absolute atomic E-state index is 12.3. The molecule has 0 saturated carbocycles. The lowest BCUT2D eigenvalue weighted by Gasteiger charge is -2.08. The predicted octanol–water partition coefficient (Wildman–Crippen LogP) is 4.38. The van der Waals surface area contributed by atoms with E-state index < -0.39 is 27.9 Å².